The Balaban J connectivity index is 2.04. The summed E-state index contributed by atoms with van der Waals surface area (Å²) in [6, 6.07) is 1.99. The van der Waals surface area contributed by atoms with Gasteiger partial charge in [0, 0.05) is 11.1 Å². The Kier molecular flexibility index (Phi) is 3.01. The number of nitrogen functional groups attached to an aromatic ring is 1. The third-order valence-electron chi connectivity index (χ3n) is 4.46. The number of fused-ring (bicyclic) bond motifs is 3. The number of aromatic nitrogens is 3. The zero-order valence-electron chi connectivity index (χ0n) is 13.2. The van der Waals surface area contributed by atoms with E-state index in [9.17, 15) is 0 Å². The first-order valence-corrected chi connectivity index (χ1v) is 8.58. The number of thiophene rings is 1. The molecule has 4 rings (SSSR count). The first-order chi connectivity index (χ1) is 10.5. The van der Waals surface area contributed by atoms with Crippen molar-refractivity contribution in [2.24, 2.45) is 5.92 Å². The molecule has 5 heteroatoms. The highest BCUT2D eigenvalue weighted by Gasteiger charge is 2.24. The molecule has 0 aliphatic heterocycles. The Bertz CT molecular complexity index is 875. The number of hydrogen-bond donors (Lipinski definition) is 1. The van der Waals surface area contributed by atoms with Gasteiger partial charge in [-0.1, -0.05) is 6.92 Å². The van der Waals surface area contributed by atoms with E-state index in [1.807, 2.05) is 28.9 Å². The zero-order chi connectivity index (χ0) is 15.4. The Morgan fingerprint density at radius 1 is 1.32 bits per heavy atom. The van der Waals surface area contributed by atoms with Gasteiger partial charge in [-0.05, 0) is 56.2 Å². The molecule has 0 spiro atoms. The van der Waals surface area contributed by atoms with E-state index in [4.69, 9.17) is 10.7 Å². The highest BCUT2D eigenvalue weighted by Crippen LogP contribution is 2.39. The lowest BCUT2D eigenvalue weighted by Crippen LogP contribution is -2.10. The molecular weight excluding hydrogens is 292 g/mol. The van der Waals surface area contributed by atoms with Gasteiger partial charge in [0.25, 0.3) is 0 Å². The van der Waals surface area contributed by atoms with E-state index < -0.39 is 0 Å². The van der Waals surface area contributed by atoms with Crippen molar-refractivity contribution < 1.29 is 0 Å². The van der Waals surface area contributed by atoms with Gasteiger partial charge < -0.3 is 5.73 Å². The molecule has 4 nitrogen and oxygen atoms in total. The van der Waals surface area contributed by atoms with Crippen molar-refractivity contribution in [3.63, 3.8) is 0 Å². The topological polar surface area (TPSA) is 56.7 Å². The fourth-order valence-corrected chi connectivity index (χ4v) is 4.83. The second-order valence-electron chi connectivity index (χ2n) is 6.44. The molecular formula is C17H20N4S. The van der Waals surface area contributed by atoms with Crippen LogP contribution in [0.15, 0.2) is 12.3 Å². The minimum Gasteiger partial charge on any atom is -0.385 e. The minimum absolute atomic E-state index is 0.737. The van der Waals surface area contributed by atoms with Crippen LogP contribution in [0.25, 0.3) is 16.0 Å². The molecule has 114 valence electrons. The molecule has 0 saturated carbocycles. The lowest BCUT2D eigenvalue weighted by atomic mass is 9.89. The van der Waals surface area contributed by atoms with Crippen LogP contribution in [0.1, 0.15) is 35.2 Å². The van der Waals surface area contributed by atoms with E-state index in [0.717, 1.165) is 46.6 Å². The van der Waals surface area contributed by atoms with E-state index in [-0.39, 0.29) is 0 Å². The molecule has 0 saturated heterocycles. The molecule has 0 amide bonds. The number of nitrogens with two attached hydrogens (primary N) is 1. The average molecular weight is 312 g/mol. The van der Waals surface area contributed by atoms with Crippen molar-refractivity contribution in [3.05, 3.63) is 34.1 Å². The molecule has 0 fully saturated rings. The largest absolute Gasteiger partial charge is 0.385 e. The Morgan fingerprint density at radius 3 is 2.86 bits per heavy atom. The SMILES string of the molecule is Cc1cc(N)n(-c2nc(C)nc3sc4c(c23)CC[C@@H](C)C4)c1. The summed E-state index contributed by atoms with van der Waals surface area (Å²) in [5.41, 5.74) is 8.78. The van der Waals surface area contributed by atoms with Crippen LogP contribution in [-0.2, 0) is 12.8 Å². The molecule has 0 radical (unpaired) electrons. The Labute approximate surface area is 134 Å². The number of hydrogen-bond acceptors (Lipinski definition) is 4. The first kappa shape index (κ1) is 13.8. The number of aryl methyl sites for hydroxylation is 3. The first-order valence-electron chi connectivity index (χ1n) is 7.76. The van der Waals surface area contributed by atoms with Crippen LogP contribution in [0.5, 0.6) is 0 Å². The predicted molar refractivity (Wildman–Crippen MR) is 91.8 cm³/mol. The molecule has 1 aliphatic carbocycles. The standard InChI is InChI=1S/C17H20N4S/c1-9-4-5-12-13(6-9)22-17-15(12)16(19-11(3)20-17)21-8-10(2)7-14(21)18/h7-9H,4-6,18H2,1-3H3/t9-/m1/s1. The Morgan fingerprint density at radius 2 is 2.14 bits per heavy atom. The minimum atomic E-state index is 0.737. The van der Waals surface area contributed by atoms with E-state index in [0.29, 0.717) is 0 Å². The third-order valence-corrected chi connectivity index (χ3v) is 5.61. The maximum absolute atomic E-state index is 6.19. The van der Waals surface area contributed by atoms with Crippen molar-refractivity contribution in [2.75, 3.05) is 5.73 Å². The van der Waals surface area contributed by atoms with Crippen LogP contribution >= 0.6 is 11.3 Å². The maximum atomic E-state index is 6.19. The van der Waals surface area contributed by atoms with Crippen LogP contribution in [0, 0.1) is 19.8 Å². The van der Waals surface area contributed by atoms with Gasteiger partial charge >= 0.3 is 0 Å². The molecule has 1 aliphatic rings. The van der Waals surface area contributed by atoms with Gasteiger partial charge in [-0.3, -0.25) is 4.57 Å². The van der Waals surface area contributed by atoms with E-state index >= 15 is 0 Å². The molecule has 0 unspecified atom stereocenters. The van der Waals surface area contributed by atoms with Gasteiger partial charge in [0.2, 0.25) is 0 Å². The van der Waals surface area contributed by atoms with Crippen molar-refractivity contribution in [2.45, 2.75) is 40.0 Å². The number of rotatable bonds is 1. The summed E-state index contributed by atoms with van der Waals surface area (Å²) in [5.74, 6) is 3.25. The molecule has 2 N–H and O–H groups in total. The van der Waals surface area contributed by atoms with Crippen LogP contribution < -0.4 is 5.73 Å². The zero-order valence-corrected chi connectivity index (χ0v) is 14.0. The van der Waals surface area contributed by atoms with Crippen molar-refractivity contribution in [1.29, 1.82) is 0 Å². The normalized spacial score (nSPS) is 17.9. The van der Waals surface area contributed by atoms with E-state index in [1.54, 1.807) is 0 Å². The number of nitrogens with zero attached hydrogens (tertiary/aromatic N) is 3. The van der Waals surface area contributed by atoms with E-state index in [2.05, 4.69) is 25.0 Å². The van der Waals surface area contributed by atoms with Gasteiger partial charge in [0.1, 0.15) is 16.5 Å². The monoisotopic (exact) mass is 312 g/mol. The van der Waals surface area contributed by atoms with Crippen molar-refractivity contribution in [1.82, 2.24) is 14.5 Å². The summed E-state index contributed by atoms with van der Waals surface area (Å²) in [6.07, 6.45) is 5.59. The highest BCUT2D eigenvalue weighted by molar-refractivity contribution is 7.18. The summed E-state index contributed by atoms with van der Waals surface area (Å²) in [4.78, 5) is 12.0. The van der Waals surface area contributed by atoms with E-state index in [1.165, 1.54) is 22.2 Å². The fourth-order valence-electron chi connectivity index (χ4n) is 3.40. The van der Waals surface area contributed by atoms with Gasteiger partial charge in [-0.25, -0.2) is 9.97 Å². The molecule has 3 aromatic heterocycles. The average Bonchev–Trinajstić information content (AvgIpc) is 2.96. The van der Waals surface area contributed by atoms with Gasteiger partial charge in [-0.2, -0.15) is 0 Å². The summed E-state index contributed by atoms with van der Waals surface area (Å²) in [5, 5.41) is 1.21. The molecule has 3 heterocycles. The van der Waals surface area contributed by atoms with Crippen LogP contribution in [0.3, 0.4) is 0 Å². The second-order valence-corrected chi connectivity index (χ2v) is 7.52. The quantitative estimate of drug-likeness (QED) is 0.743. The second kappa shape index (κ2) is 4.81. The Hall–Kier alpha value is -1.88. The van der Waals surface area contributed by atoms with Crippen LogP contribution in [-0.4, -0.2) is 14.5 Å². The van der Waals surface area contributed by atoms with Crippen LogP contribution in [0.2, 0.25) is 0 Å². The fraction of sp³-hybridized carbons (Fsp3) is 0.412. The summed E-state index contributed by atoms with van der Waals surface area (Å²) in [6.45, 7) is 6.35. The van der Waals surface area contributed by atoms with Crippen molar-refractivity contribution in [3.8, 4) is 5.82 Å². The lowest BCUT2D eigenvalue weighted by molar-refractivity contribution is 0.509. The van der Waals surface area contributed by atoms with Gasteiger partial charge in [0.15, 0.2) is 5.82 Å². The molecule has 22 heavy (non-hydrogen) atoms. The smallest absolute Gasteiger partial charge is 0.151 e. The lowest BCUT2D eigenvalue weighted by Gasteiger charge is -2.18. The van der Waals surface area contributed by atoms with Gasteiger partial charge in [0.05, 0.1) is 5.39 Å². The maximum Gasteiger partial charge on any atom is 0.151 e. The predicted octanol–water partition coefficient (Wildman–Crippen LogP) is 3.81. The molecule has 0 bridgehead atoms. The summed E-state index contributed by atoms with van der Waals surface area (Å²) < 4.78 is 2.01. The van der Waals surface area contributed by atoms with Gasteiger partial charge in [-0.15, -0.1) is 11.3 Å². The van der Waals surface area contributed by atoms with Crippen LogP contribution in [0.4, 0.5) is 5.82 Å². The molecule has 1 atom stereocenters. The highest BCUT2D eigenvalue weighted by atomic mass is 32.1. The number of anilines is 1. The summed E-state index contributed by atoms with van der Waals surface area (Å²) >= 11 is 1.83. The molecule has 3 aromatic rings. The summed E-state index contributed by atoms with van der Waals surface area (Å²) in [7, 11) is 0. The third kappa shape index (κ3) is 2.03. The van der Waals surface area contributed by atoms with Crippen molar-refractivity contribution >= 4 is 27.4 Å². The molecule has 0 aromatic carbocycles.